The third kappa shape index (κ3) is 2.47. The van der Waals surface area contributed by atoms with E-state index < -0.39 is 0 Å². The molecule has 108 valence electrons. The highest BCUT2D eigenvalue weighted by Gasteiger charge is 2.19. The Labute approximate surface area is 132 Å². The molecule has 0 radical (unpaired) electrons. The summed E-state index contributed by atoms with van der Waals surface area (Å²) in [5.41, 5.74) is 0.880. The minimum absolute atomic E-state index is 0.0705. The Morgan fingerprint density at radius 3 is 2.59 bits per heavy atom. The van der Waals surface area contributed by atoms with Gasteiger partial charge in [-0.3, -0.25) is 9.78 Å². The van der Waals surface area contributed by atoms with Gasteiger partial charge in [-0.2, -0.15) is 0 Å². The van der Waals surface area contributed by atoms with E-state index in [2.05, 4.69) is 11.6 Å². The fourth-order valence-electron chi connectivity index (χ4n) is 2.32. The number of nitrogens with zero attached hydrogens (tertiary/aromatic N) is 1. The van der Waals surface area contributed by atoms with Crippen LogP contribution < -0.4 is 0 Å². The number of aromatic nitrogens is 1. The van der Waals surface area contributed by atoms with Gasteiger partial charge in [0.2, 0.25) is 0 Å². The molecule has 0 aliphatic carbocycles. The SMILES string of the molecule is C=C(C(=O)c1c(O)ccc2ccccc12)c1ccc(Cl)cn1. The van der Waals surface area contributed by atoms with Gasteiger partial charge in [0.05, 0.1) is 16.3 Å². The van der Waals surface area contributed by atoms with Gasteiger partial charge in [0.15, 0.2) is 5.78 Å². The molecule has 3 nitrogen and oxygen atoms in total. The Bertz CT molecular complexity index is 885. The molecule has 0 atom stereocenters. The summed E-state index contributed by atoms with van der Waals surface area (Å²) in [4.78, 5) is 16.8. The maximum Gasteiger partial charge on any atom is 0.198 e. The third-order valence-corrected chi connectivity index (χ3v) is 3.67. The number of ketones is 1. The van der Waals surface area contributed by atoms with Crippen LogP contribution in [0.5, 0.6) is 5.75 Å². The van der Waals surface area contributed by atoms with Crippen molar-refractivity contribution >= 4 is 33.7 Å². The lowest BCUT2D eigenvalue weighted by atomic mass is 9.95. The Balaban J connectivity index is 2.11. The molecule has 3 aromatic rings. The Morgan fingerprint density at radius 1 is 1.09 bits per heavy atom. The molecule has 0 aliphatic rings. The molecule has 3 rings (SSSR count). The van der Waals surface area contributed by atoms with Crippen molar-refractivity contribution in [3.05, 3.63) is 77.6 Å². The molecular formula is C18H12ClNO2. The van der Waals surface area contributed by atoms with Gasteiger partial charge < -0.3 is 5.11 Å². The number of Topliss-reactive ketones (excluding diaryl/α,β-unsaturated/α-hetero) is 1. The van der Waals surface area contributed by atoms with Crippen LogP contribution in [0.15, 0.2) is 61.3 Å². The second-order valence-electron chi connectivity index (χ2n) is 4.85. The summed E-state index contributed by atoms with van der Waals surface area (Å²) >= 11 is 5.80. The minimum Gasteiger partial charge on any atom is -0.507 e. The predicted octanol–water partition coefficient (Wildman–Crippen LogP) is 4.49. The number of hydrogen-bond donors (Lipinski definition) is 1. The summed E-state index contributed by atoms with van der Waals surface area (Å²) in [6.45, 7) is 3.81. The monoisotopic (exact) mass is 309 g/mol. The molecule has 0 bridgehead atoms. The van der Waals surface area contributed by atoms with Crippen LogP contribution in [0.4, 0.5) is 0 Å². The lowest BCUT2D eigenvalue weighted by molar-refractivity contribution is 0.105. The number of hydrogen-bond acceptors (Lipinski definition) is 3. The molecule has 0 unspecified atom stereocenters. The molecule has 2 aromatic carbocycles. The van der Waals surface area contributed by atoms with E-state index in [4.69, 9.17) is 11.6 Å². The number of carbonyl (C=O) groups excluding carboxylic acids is 1. The topological polar surface area (TPSA) is 50.2 Å². The summed E-state index contributed by atoms with van der Waals surface area (Å²) < 4.78 is 0. The van der Waals surface area contributed by atoms with Crippen molar-refractivity contribution in [1.82, 2.24) is 4.98 Å². The Morgan fingerprint density at radius 2 is 1.86 bits per heavy atom. The summed E-state index contributed by atoms with van der Waals surface area (Å²) in [6, 6.07) is 13.9. The van der Waals surface area contributed by atoms with Gasteiger partial charge in [0.1, 0.15) is 5.75 Å². The van der Waals surface area contributed by atoms with E-state index in [0.29, 0.717) is 16.1 Å². The van der Waals surface area contributed by atoms with Gasteiger partial charge >= 0.3 is 0 Å². The van der Waals surface area contributed by atoms with Crippen molar-refractivity contribution in [3.63, 3.8) is 0 Å². The highest BCUT2D eigenvalue weighted by atomic mass is 35.5. The number of pyridine rings is 1. The maximum atomic E-state index is 12.7. The van der Waals surface area contributed by atoms with E-state index in [1.807, 2.05) is 18.2 Å². The van der Waals surface area contributed by atoms with Gasteiger partial charge in [-0.1, -0.05) is 48.5 Å². The zero-order chi connectivity index (χ0) is 15.7. The molecule has 0 saturated heterocycles. The van der Waals surface area contributed by atoms with Crippen molar-refractivity contribution in [2.45, 2.75) is 0 Å². The van der Waals surface area contributed by atoms with Gasteiger partial charge in [0.25, 0.3) is 0 Å². The maximum absolute atomic E-state index is 12.7. The highest BCUT2D eigenvalue weighted by molar-refractivity contribution is 6.33. The van der Waals surface area contributed by atoms with Gasteiger partial charge in [-0.25, -0.2) is 0 Å². The summed E-state index contributed by atoms with van der Waals surface area (Å²) in [7, 11) is 0. The quantitative estimate of drug-likeness (QED) is 0.573. The molecule has 1 heterocycles. The van der Waals surface area contributed by atoms with Gasteiger partial charge in [-0.05, 0) is 29.0 Å². The van der Waals surface area contributed by atoms with Crippen molar-refractivity contribution in [1.29, 1.82) is 0 Å². The first-order chi connectivity index (χ1) is 10.6. The van der Waals surface area contributed by atoms with Crippen LogP contribution in [-0.2, 0) is 0 Å². The van der Waals surface area contributed by atoms with E-state index in [1.54, 1.807) is 24.3 Å². The van der Waals surface area contributed by atoms with Crippen molar-refractivity contribution in [2.75, 3.05) is 0 Å². The van der Waals surface area contributed by atoms with Crippen LogP contribution in [0.25, 0.3) is 16.3 Å². The summed E-state index contributed by atoms with van der Waals surface area (Å²) in [5.74, 6) is -0.428. The van der Waals surface area contributed by atoms with Gasteiger partial charge in [0, 0.05) is 11.8 Å². The summed E-state index contributed by atoms with van der Waals surface area (Å²) in [5, 5.41) is 12.2. The molecule has 0 fully saturated rings. The summed E-state index contributed by atoms with van der Waals surface area (Å²) in [6.07, 6.45) is 1.46. The normalized spacial score (nSPS) is 10.6. The van der Waals surface area contributed by atoms with E-state index in [-0.39, 0.29) is 22.7 Å². The number of phenols is 1. The zero-order valence-corrected chi connectivity index (χ0v) is 12.3. The number of rotatable bonds is 3. The van der Waals surface area contributed by atoms with Crippen LogP contribution in [0.2, 0.25) is 5.02 Å². The standard InChI is InChI=1S/C18H12ClNO2/c1-11(15-8-7-13(19)10-20-15)18(22)17-14-5-3-2-4-12(14)6-9-16(17)21/h2-10,21H,1H2. The first-order valence-corrected chi connectivity index (χ1v) is 7.02. The van der Waals surface area contributed by atoms with Crippen molar-refractivity contribution in [2.24, 2.45) is 0 Å². The Hall–Kier alpha value is -2.65. The van der Waals surface area contributed by atoms with E-state index in [1.165, 1.54) is 12.3 Å². The number of allylic oxidation sites excluding steroid dienone is 1. The van der Waals surface area contributed by atoms with E-state index >= 15 is 0 Å². The lowest BCUT2D eigenvalue weighted by Crippen LogP contribution is -2.04. The molecule has 22 heavy (non-hydrogen) atoms. The van der Waals surface area contributed by atoms with Crippen molar-refractivity contribution in [3.8, 4) is 5.75 Å². The molecule has 0 spiro atoms. The second-order valence-corrected chi connectivity index (χ2v) is 5.29. The van der Waals surface area contributed by atoms with Gasteiger partial charge in [-0.15, -0.1) is 0 Å². The number of halogens is 1. The first kappa shape index (κ1) is 14.3. The van der Waals surface area contributed by atoms with Crippen LogP contribution in [0.3, 0.4) is 0 Å². The number of benzene rings is 2. The Kier molecular flexibility index (Phi) is 3.65. The fourth-order valence-corrected chi connectivity index (χ4v) is 2.43. The van der Waals surface area contributed by atoms with E-state index in [0.717, 1.165) is 5.39 Å². The lowest BCUT2D eigenvalue weighted by Gasteiger charge is -2.10. The predicted molar refractivity (Wildman–Crippen MR) is 88.2 cm³/mol. The van der Waals surface area contributed by atoms with E-state index in [9.17, 15) is 9.90 Å². The zero-order valence-electron chi connectivity index (χ0n) is 11.6. The molecule has 1 aromatic heterocycles. The minimum atomic E-state index is -0.357. The molecule has 1 N–H and O–H groups in total. The molecule has 0 amide bonds. The number of carbonyl (C=O) groups is 1. The van der Waals surface area contributed by atoms with Crippen LogP contribution >= 0.6 is 11.6 Å². The molecular weight excluding hydrogens is 298 g/mol. The second kappa shape index (κ2) is 5.62. The first-order valence-electron chi connectivity index (χ1n) is 6.64. The van der Waals surface area contributed by atoms with Crippen LogP contribution in [-0.4, -0.2) is 15.9 Å². The average Bonchev–Trinajstić information content (AvgIpc) is 2.54. The average molecular weight is 310 g/mol. The smallest absolute Gasteiger partial charge is 0.198 e. The van der Waals surface area contributed by atoms with Crippen LogP contribution in [0, 0.1) is 0 Å². The van der Waals surface area contributed by atoms with Crippen molar-refractivity contribution < 1.29 is 9.90 Å². The highest BCUT2D eigenvalue weighted by Crippen LogP contribution is 2.31. The largest absolute Gasteiger partial charge is 0.507 e. The molecule has 4 heteroatoms. The third-order valence-electron chi connectivity index (χ3n) is 3.44. The van der Waals surface area contributed by atoms with Crippen LogP contribution in [0.1, 0.15) is 16.1 Å². The molecule has 0 saturated carbocycles. The number of phenolic OH excluding ortho intramolecular Hbond substituents is 1. The molecule has 0 aliphatic heterocycles. The fraction of sp³-hybridized carbons (Fsp3) is 0. The number of aromatic hydroxyl groups is 1. The number of fused-ring (bicyclic) bond motifs is 1.